The number of nitrogens with one attached hydrogen (secondary N) is 2. The Bertz CT molecular complexity index is 445. The van der Waals surface area contributed by atoms with Crippen LogP contribution in [0.25, 0.3) is 0 Å². The molecule has 0 aromatic heterocycles. The van der Waals surface area contributed by atoms with Crippen molar-refractivity contribution >= 4 is 29.9 Å². The van der Waals surface area contributed by atoms with Gasteiger partial charge >= 0.3 is 0 Å². The van der Waals surface area contributed by atoms with Crippen molar-refractivity contribution in [3.63, 3.8) is 0 Å². The zero-order valence-corrected chi connectivity index (χ0v) is 13.3. The lowest BCUT2D eigenvalue weighted by atomic mass is 9.81. The molecular weight excluding hydrogens is 295 g/mol. The molecule has 1 heterocycles. The molecule has 1 fully saturated rings. The highest BCUT2D eigenvalue weighted by molar-refractivity contribution is 6.31. The molecule has 112 valence electrons. The minimum absolute atomic E-state index is 0. The second-order valence-electron chi connectivity index (χ2n) is 5.61. The van der Waals surface area contributed by atoms with E-state index in [1.807, 2.05) is 24.3 Å². The topological polar surface area (TPSA) is 41.1 Å². The lowest BCUT2D eigenvalue weighted by Gasteiger charge is -2.34. The summed E-state index contributed by atoms with van der Waals surface area (Å²) in [5, 5.41) is 7.05. The first-order valence-corrected chi connectivity index (χ1v) is 7.18. The Morgan fingerprint density at radius 1 is 1.35 bits per heavy atom. The summed E-state index contributed by atoms with van der Waals surface area (Å²) in [4.78, 5) is 12.0. The second-order valence-corrected chi connectivity index (χ2v) is 6.01. The van der Waals surface area contributed by atoms with E-state index >= 15 is 0 Å². The van der Waals surface area contributed by atoms with Crippen LogP contribution in [0.5, 0.6) is 0 Å². The van der Waals surface area contributed by atoms with E-state index < -0.39 is 0 Å². The van der Waals surface area contributed by atoms with Crippen LogP contribution in [0.15, 0.2) is 24.3 Å². The summed E-state index contributed by atoms with van der Waals surface area (Å²) < 4.78 is 0. The highest BCUT2D eigenvalue weighted by Gasteiger charge is 2.26. The van der Waals surface area contributed by atoms with Crippen LogP contribution >= 0.6 is 24.0 Å². The molecule has 1 aromatic rings. The number of hydrogen-bond donors (Lipinski definition) is 2. The van der Waals surface area contributed by atoms with E-state index in [0.717, 1.165) is 38.0 Å². The average molecular weight is 317 g/mol. The van der Waals surface area contributed by atoms with E-state index in [1.165, 1.54) is 0 Å². The molecule has 1 saturated heterocycles. The Balaban J connectivity index is 0.00000200. The van der Waals surface area contributed by atoms with Crippen molar-refractivity contribution in [3.05, 3.63) is 34.9 Å². The molecule has 2 N–H and O–H groups in total. The molecule has 0 saturated carbocycles. The Morgan fingerprint density at radius 3 is 2.65 bits per heavy atom. The lowest BCUT2D eigenvalue weighted by molar-refractivity contribution is -0.121. The van der Waals surface area contributed by atoms with Gasteiger partial charge in [0.25, 0.3) is 0 Å². The van der Waals surface area contributed by atoms with Crippen molar-refractivity contribution in [3.8, 4) is 0 Å². The van der Waals surface area contributed by atoms with Gasteiger partial charge in [-0.1, -0.05) is 36.7 Å². The maximum atomic E-state index is 12.0. The Labute approximate surface area is 131 Å². The van der Waals surface area contributed by atoms with Crippen molar-refractivity contribution in [2.75, 3.05) is 19.6 Å². The highest BCUT2D eigenvalue weighted by atomic mass is 35.5. The zero-order chi connectivity index (χ0) is 13.7. The van der Waals surface area contributed by atoms with Crippen LogP contribution in [0.2, 0.25) is 5.02 Å². The summed E-state index contributed by atoms with van der Waals surface area (Å²) in [5.74, 6) is 0.0489. The molecule has 0 bridgehead atoms. The molecule has 5 heteroatoms. The smallest absolute Gasteiger partial charge is 0.224 e. The van der Waals surface area contributed by atoms with Crippen molar-refractivity contribution in [1.29, 1.82) is 0 Å². The molecule has 2 rings (SSSR count). The molecule has 3 nitrogen and oxygen atoms in total. The van der Waals surface area contributed by atoms with E-state index in [2.05, 4.69) is 17.6 Å². The van der Waals surface area contributed by atoms with Gasteiger partial charge in [-0.25, -0.2) is 0 Å². The number of halogens is 2. The van der Waals surface area contributed by atoms with Gasteiger partial charge in [-0.05, 0) is 43.0 Å². The van der Waals surface area contributed by atoms with Crippen molar-refractivity contribution in [2.45, 2.75) is 26.2 Å². The largest absolute Gasteiger partial charge is 0.355 e. The van der Waals surface area contributed by atoms with Gasteiger partial charge in [0, 0.05) is 11.6 Å². The molecule has 20 heavy (non-hydrogen) atoms. The summed E-state index contributed by atoms with van der Waals surface area (Å²) in [7, 11) is 0. The van der Waals surface area contributed by atoms with Crippen LogP contribution in [-0.2, 0) is 11.2 Å². The first-order chi connectivity index (χ1) is 9.09. The Kier molecular flexibility index (Phi) is 6.80. The molecule has 1 aliphatic heterocycles. The van der Waals surface area contributed by atoms with Gasteiger partial charge < -0.3 is 10.6 Å². The van der Waals surface area contributed by atoms with Crippen LogP contribution in [0.3, 0.4) is 0 Å². The van der Waals surface area contributed by atoms with Crippen LogP contribution < -0.4 is 10.6 Å². The van der Waals surface area contributed by atoms with Gasteiger partial charge in [0.05, 0.1) is 6.42 Å². The van der Waals surface area contributed by atoms with E-state index in [-0.39, 0.29) is 23.7 Å². The molecule has 0 unspecified atom stereocenters. The average Bonchev–Trinajstić information content (AvgIpc) is 2.40. The number of rotatable bonds is 4. The number of piperidine rings is 1. The van der Waals surface area contributed by atoms with Crippen molar-refractivity contribution < 1.29 is 4.79 Å². The fourth-order valence-electron chi connectivity index (χ4n) is 2.40. The third-order valence-corrected chi connectivity index (χ3v) is 4.20. The summed E-state index contributed by atoms with van der Waals surface area (Å²) >= 11 is 6.06. The number of hydrogen-bond acceptors (Lipinski definition) is 2. The lowest BCUT2D eigenvalue weighted by Crippen LogP contribution is -2.43. The van der Waals surface area contributed by atoms with Gasteiger partial charge in [0.1, 0.15) is 0 Å². The van der Waals surface area contributed by atoms with Crippen molar-refractivity contribution in [2.24, 2.45) is 5.41 Å². The predicted molar refractivity (Wildman–Crippen MR) is 85.6 cm³/mol. The Hall–Kier alpha value is -0.770. The quantitative estimate of drug-likeness (QED) is 0.896. The molecule has 0 radical (unpaired) electrons. The Morgan fingerprint density at radius 2 is 2.00 bits per heavy atom. The number of benzene rings is 1. The van der Waals surface area contributed by atoms with Gasteiger partial charge in [-0.2, -0.15) is 0 Å². The summed E-state index contributed by atoms with van der Waals surface area (Å²) in [6.07, 6.45) is 2.58. The fourth-order valence-corrected chi connectivity index (χ4v) is 2.60. The molecule has 0 atom stereocenters. The first kappa shape index (κ1) is 17.3. The van der Waals surface area contributed by atoms with E-state index in [1.54, 1.807) is 0 Å². The monoisotopic (exact) mass is 316 g/mol. The number of amides is 1. The molecule has 0 aliphatic carbocycles. The van der Waals surface area contributed by atoms with Crippen LogP contribution in [0, 0.1) is 5.41 Å². The molecular formula is C15H22Cl2N2O. The van der Waals surface area contributed by atoms with Crippen LogP contribution in [-0.4, -0.2) is 25.5 Å². The van der Waals surface area contributed by atoms with E-state index in [9.17, 15) is 4.79 Å². The third kappa shape index (κ3) is 4.97. The van der Waals surface area contributed by atoms with E-state index in [4.69, 9.17) is 11.6 Å². The minimum Gasteiger partial charge on any atom is -0.355 e. The maximum absolute atomic E-state index is 12.0. The van der Waals surface area contributed by atoms with Crippen molar-refractivity contribution in [1.82, 2.24) is 10.6 Å². The summed E-state index contributed by atoms with van der Waals surface area (Å²) in [6.45, 7) is 5.06. The minimum atomic E-state index is 0. The van der Waals surface area contributed by atoms with Gasteiger partial charge in [0.15, 0.2) is 0 Å². The molecule has 1 aliphatic rings. The first-order valence-electron chi connectivity index (χ1n) is 6.80. The summed E-state index contributed by atoms with van der Waals surface area (Å²) in [5.41, 5.74) is 1.11. The fraction of sp³-hybridized carbons (Fsp3) is 0.533. The highest BCUT2D eigenvalue weighted by Crippen LogP contribution is 2.26. The van der Waals surface area contributed by atoms with Gasteiger partial charge in [-0.3, -0.25) is 4.79 Å². The van der Waals surface area contributed by atoms with Crippen LogP contribution in [0.1, 0.15) is 25.3 Å². The van der Waals surface area contributed by atoms with Gasteiger partial charge in [-0.15, -0.1) is 12.4 Å². The predicted octanol–water partition coefficient (Wildman–Crippen LogP) is 2.81. The second kappa shape index (κ2) is 7.87. The normalized spacial score (nSPS) is 17.1. The SMILES string of the molecule is CC1(CNC(=O)Cc2ccccc2Cl)CCNCC1.Cl. The number of carbonyl (C=O) groups excluding carboxylic acids is 1. The maximum Gasteiger partial charge on any atom is 0.224 e. The number of carbonyl (C=O) groups is 1. The molecule has 1 amide bonds. The molecule has 1 aromatic carbocycles. The summed E-state index contributed by atoms with van der Waals surface area (Å²) in [6, 6.07) is 7.49. The van der Waals surface area contributed by atoms with Crippen LogP contribution in [0.4, 0.5) is 0 Å². The standard InChI is InChI=1S/C15H21ClN2O.ClH/c1-15(6-8-17-9-7-15)11-18-14(19)10-12-4-2-3-5-13(12)16;/h2-5,17H,6-11H2,1H3,(H,18,19);1H. The third-order valence-electron chi connectivity index (χ3n) is 3.83. The van der Waals surface area contributed by atoms with Gasteiger partial charge in [0.2, 0.25) is 5.91 Å². The zero-order valence-electron chi connectivity index (χ0n) is 11.7. The molecule has 0 spiro atoms. The van der Waals surface area contributed by atoms with E-state index in [0.29, 0.717) is 11.4 Å².